The highest BCUT2D eigenvalue weighted by Crippen LogP contribution is 2.41. The molecule has 0 unspecified atom stereocenters. The summed E-state index contributed by atoms with van der Waals surface area (Å²) in [5.41, 5.74) is -0.483. The van der Waals surface area contributed by atoms with Gasteiger partial charge in [-0.05, 0) is 18.8 Å². The summed E-state index contributed by atoms with van der Waals surface area (Å²) in [7, 11) is 1.52. The number of hydrogen-bond acceptors (Lipinski definition) is 6. The molecule has 3 rings (SSSR count). The van der Waals surface area contributed by atoms with Crippen molar-refractivity contribution in [3.05, 3.63) is 27.8 Å². The highest BCUT2D eigenvalue weighted by atomic mass is 16.5. The molecule has 2 aliphatic rings. The van der Waals surface area contributed by atoms with Gasteiger partial charge in [-0.1, -0.05) is 19.3 Å². The minimum Gasteiger partial charge on any atom is -0.502 e. The van der Waals surface area contributed by atoms with Gasteiger partial charge in [-0.2, -0.15) is 0 Å². The predicted octanol–water partition coefficient (Wildman–Crippen LogP) is 2.40. The van der Waals surface area contributed by atoms with Crippen molar-refractivity contribution in [1.29, 1.82) is 0 Å². The number of amides is 1. The number of morpholine rings is 1. The zero-order chi connectivity index (χ0) is 19.2. The lowest BCUT2D eigenvalue weighted by atomic mass is 9.77. The second kappa shape index (κ2) is 9.37. The maximum atomic E-state index is 12.9. The Hall–Kier alpha value is -1.86. The highest BCUT2D eigenvalue weighted by Gasteiger charge is 2.33. The molecule has 0 radical (unpaired) electrons. The van der Waals surface area contributed by atoms with Gasteiger partial charge in [0.15, 0.2) is 5.76 Å². The van der Waals surface area contributed by atoms with Crippen molar-refractivity contribution in [1.82, 2.24) is 4.90 Å². The Morgan fingerprint density at radius 1 is 1.30 bits per heavy atom. The number of hydrogen-bond donors (Lipinski definition) is 1. The Labute approximate surface area is 159 Å². The van der Waals surface area contributed by atoms with Crippen LogP contribution in [0.5, 0.6) is 5.75 Å². The van der Waals surface area contributed by atoms with E-state index in [2.05, 4.69) is 0 Å². The van der Waals surface area contributed by atoms with E-state index in [0.717, 1.165) is 25.7 Å². The van der Waals surface area contributed by atoms with E-state index in [1.54, 1.807) is 4.90 Å². The number of methoxy groups -OCH3 is 1. The van der Waals surface area contributed by atoms with Gasteiger partial charge in [-0.15, -0.1) is 0 Å². The Morgan fingerprint density at radius 3 is 2.67 bits per heavy atom. The molecule has 0 aromatic carbocycles. The Balaban J connectivity index is 1.89. The molecule has 1 saturated carbocycles. The Morgan fingerprint density at radius 2 is 2.00 bits per heavy atom. The molecule has 27 heavy (non-hydrogen) atoms. The third-order valence-corrected chi connectivity index (χ3v) is 5.60. The SMILES string of the molecule is COCc1cc(=O)c(O)c([C@@H](CC(=O)N2CCOCC2)C2CCCCC2)o1. The lowest BCUT2D eigenvalue weighted by Crippen LogP contribution is -2.41. The first-order valence-electron chi connectivity index (χ1n) is 9.80. The summed E-state index contributed by atoms with van der Waals surface area (Å²) >= 11 is 0. The lowest BCUT2D eigenvalue weighted by molar-refractivity contribution is -0.136. The van der Waals surface area contributed by atoms with Crippen LogP contribution in [-0.2, 0) is 20.9 Å². The molecular weight excluding hydrogens is 350 g/mol. The molecule has 2 heterocycles. The van der Waals surface area contributed by atoms with E-state index in [9.17, 15) is 14.7 Å². The lowest BCUT2D eigenvalue weighted by Gasteiger charge is -2.32. The van der Waals surface area contributed by atoms with Crippen LogP contribution in [0.2, 0.25) is 0 Å². The van der Waals surface area contributed by atoms with Crippen LogP contribution in [-0.4, -0.2) is 49.3 Å². The van der Waals surface area contributed by atoms with Crippen molar-refractivity contribution in [2.45, 2.75) is 51.0 Å². The molecule has 0 bridgehead atoms. The first-order valence-corrected chi connectivity index (χ1v) is 9.80. The number of carbonyl (C=O) groups is 1. The van der Waals surface area contributed by atoms with Gasteiger partial charge < -0.3 is 23.9 Å². The van der Waals surface area contributed by atoms with Crippen LogP contribution in [0.4, 0.5) is 0 Å². The monoisotopic (exact) mass is 379 g/mol. The third-order valence-electron chi connectivity index (χ3n) is 5.60. The van der Waals surface area contributed by atoms with Gasteiger partial charge in [-0.3, -0.25) is 9.59 Å². The molecule has 1 N–H and O–H groups in total. The van der Waals surface area contributed by atoms with E-state index in [0.29, 0.717) is 32.1 Å². The fraction of sp³-hybridized carbons (Fsp3) is 0.700. The van der Waals surface area contributed by atoms with Crippen molar-refractivity contribution >= 4 is 5.91 Å². The van der Waals surface area contributed by atoms with Crippen LogP contribution in [0.15, 0.2) is 15.3 Å². The van der Waals surface area contributed by atoms with Crippen molar-refractivity contribution < 1.29 is 23.8 Å². The molecule has 150 valence electrons. The molecule has 0 spiro atoms. The van der Waals surface area contributed by atoms with Crippen molar-refractivity contribution in [3.63, 3.8) is 0 Å². The van der Waals surface area contributed by atoms with Gasteiger partial charge >= 0.3 is 0 Å². The highest BCUT2D eigenvalue weighted by molar-refractivity contribution is 5.77. The third kappa shape index (κ3) is 4.90. The summed E-state index contributed by atoms with van der Waals surface area (Å²) in [6.07, 6.45) is 5.54. The van der Waals surface area contributed by atoms with E-state index in [4.69, 9.17) is 13.9 Å². The van der Waals surface area contributed by atoms with Crippen molar-refractivity contribution in [2.24, 2.45) is 5.92 Å². The van der Waals surface area contributed by atoms with Crippen molar-refractivity contribution in [2.75, 3.05) is 33.4 Å². The predicted molar refractivity (Wildman–Crippen MR) is 98.7 cm³/mol. The topological polar surface area (TPSA) is 89.2 Å². The van der Waals surface area contributed by atoms with E-state index >= 15 is 0 Å². The first kappa shape index (κ1) is 19.9. The summed E-state index contributed by atoms with van der Waals surface area (Å²) in [5, 5.41) is 10.4. The number of aromatic hydroxyl groups is 1. The number of nitrogens with zero attached hydrogens (tertiary/aromatic N) is 1. The van der Waals surface area contributed by atoms with Crippen LogP contribution in [0, 0.1) is 5.92 Å². The fourth-order valence-electron chi connectivity index (χ4n) is 4.16. The number of rotatable bonds is 6. The molecule has 7 nitrogen and oxygen atoms in total. The van der Waals surface area contributed by atoms with Gasteiger partial charge in [0.2, 0.25) is 17.1 Å². The molecule has 1 aliphatic carbocycles. The summed E-state index contributed by atoms with van der Waals surface area (Å²) < 4.78 is 16.3. The molecular formula is C20H29NO6. The molecule has 2 fully saturated rings. The van der Waals surface area contributed by atoms with Crippen molar-refractivity contribution in [3.8, 4) is 5.75 Å². The first-order chi connectivity index (χ1) is 13.1. The quantitative estimate of drug-likeness (QED) is 0.816. The minimum absolute atomic E-state index is 0.0214. The Kier molecular flexibility index (Phi) is 6.90. The average Bonchev–Trinajstić information content (AvgIpc) is 2.70. The Bertz CT molecular complexity index is 688. The second-order valence-corrected chi connectivity index (χ2v) is 7.42. The molecule has 1 saturated heterocycles. The van der Waals surface area contributed by atoms with Gasteiger partial charge in [0.25, 0.3) is 0 Å². The summed E-state index contributed by atoms with van der Waals surface area (Å²) in [5.74, 6) is 0.173. The summed E-state index contributed by atoms with van der Waals surface area (Å²) in [6, 6.07) is 1.25. The average molecular weight is 379 g/mol. The molecule has 1 aliphatic heterocycles. The second-order valence-electron chi connectivity index (χ2n) is 7.42. The van der Waals surface area contributed by atoms with Crippen LogP contribution in [0.1, 0.15) is 56.0 Å². The van der Waals surface area contributed by atoms with Crippen LogP contribution in [0.25, 0.3) is 0 Å². The minimum atomic E-state index is -0.483. The van der Waals surface area contributed by atoms with E-state index in [1.807, 2.05) is 0 Å². The smallest absolute Gasteiger partial charge is 0.227 e. The van der Waals surface area contributed by atoms with Gasteiger partial charge in [0.05, 0.1) is 13.2 Å². The van der Waals surface area contributed by atoms with Crippen LogP contribution in [0.3, 0.4) is 0 Å². The van der Waals surface area contributed by atoms with Crippen LogP contribution >= 0.6 is 0 Å². The molecule has 7 heteroatoms. The maximum Gasteiger partial charge on any atom is 0.227 e. The summed E-state index contributed by atoms with van der Waals surface area (Å²) in [4.78, 5) is 26.9. The normalized spacial score (nSPS) is 19.8. The molecule has 1 aromatic heterocycles. The van der Waals surface area contributed by atoms with E-state index < -0.39 is 5.43 Å². The molecule has 1 atom stereocenters. The number of carbonyl (C=O) groups excluding carboxylic acids is 1. The van der Waals surface area contributed by atoms with Gasteiger partial charge in [0.1, 0.15) is 12.4 Å². The van der Waals surface area contributed by atoms with Gasteiger partial charge in [-0.25, -0.2) is 0 Å². The maximum absolute atomic E-state index is 12.9. The fourth-order valence-corrected chi connectivity index (χ4v) is 4.16. The standard InChI is InChI=1S/C20H29NO6/c1-25-13-15-11-17(22)19(24)20(27-15)16(14-5-3-2-4-6-14)12-18(23)21-7-9-26-10-8-21/h11,14,16,24H,2-10,12-13H2,1H3/t16-/m0/s1. The van der Waals surface area contributed by atoms with Gasteiger partial charge in [0, 0.05) is 38.6 Å². The van der Waals surface area contributed by atoms with E-state index in [1.165, 1.54) is 19.6 Å². The zero-order valence-corrected chi connectivity index (χ0v) is 15.9. The largest absolute Gasteiger partial charge is 0.502 e. The zero-order valence-electron chi connectivity index (χ0n) is 15.9. The van der Waals surface area contributed by atoms with Crippen LogP contribution < -0.4 is 5.43 Å². The summed E-state index contributed by atoms with van der Waals surface area (Å²) in [6.45, 7) is 2.40. The molecule has 1 amide bonds. The number of ether oxygens (including phenoxy) is 2. The van der Waals surface area contributed by atoms with E-state index in [-0.39, 0.29) is 42.3 Å². The molecule has 1 aromatic rings.